The highest BCUT2D eigenvalue weighted by Gasteiger charge is 2.33. The number of carbonyl (C=O) groups excluding carboxylic acids is 1. The molecule has 2 aromatic rings. The minimum absolute atomic E-state index is 0.0421. The average Bonchev–Trinajstić information content (AvgIpc) is 3.03. The molecule has 2 heterocycles. The van der Waals surface area contributed by atoms with Crippen LogP contribution in [0.2, 0.25) is 0 Å². The number of rotatable bonds is 4. The summed E-state index contributed by atoms with van der Waals surface area (Å²) in [5.74, 6) is -1.26. The zero-order valence-corrected chi connectivity index (χ0v) is 13.6. The number of nitrogens with zero attached hydrogens (tertiary/aromatic N) is 3. The van der Waals surface area contributed by atoms with Crippen molar-refractivity contribution in [2.75, 3.05) is 13.1 Å². The first-order valence-corrected chi connectivity index (χ1v) is 8.13. The number of hydrogen-bond acceptors (Lipinski definition) is 3. The van der Waals surface area contributed by atoms with E-state index in [1.165, 1.54) is 0 Å². The second-order valence-electron chi connectivity index (χ2n) is 6.37. The molecule has 0 aliphatic carbocycles. The fourth-order valence-electron chi connectivity index (χ4n) is 3.21. The molecule has 6 nitrogen and oxygen atoms in total. The third kappa shape index (κ3) is 3.48. The Kier molecular flexibility index (Phi) is 4.64. The van der Waals surface area contributed by atoms with E-state index >= 15 is 0 Å². The molecule has 2 unspecified atom stereocenters. The van der Waals surface area contributed by atoms with Gasteiger partial charge in [0, 0.05) is 19.3 Å². The van der Waals surface area contributed by atoms with Gasteiger partial charge < -0.3 is 10.0 Å². The second-order valence-corrected chi connectivity index (χ2v) is 6.37. The summed E-state index contributed by atoms with van der Waals surface area (Å²) in [5.41, 5.74) is 1.67. The molecule has 1 fully saturated rings. The second kappa shape index (κ2) is 6.86. The van der Waals surface area contributed by atoms with E-state index in [0.717, 1.165) is 5.56 Å². The van der Waals surface area contributed by atoms with Gasteiger partial charge in [-0.3, -0.25) is 14.3 Å². The first-order chi connectivity index (χ1) is 11.5. The SMILES string of the molecule is CC1CN(C(=O)c2cnn(Cc3ccccc3)c2)CCC1C(=O)O. The van der Waals surface area contributed by atoms with Crippen LogP contribution in [-0.4, -0.2) is 44.8 Å². The van der Waals surface area contributed by atoms with E-state index in [0.29, 0.717) is 31.6 Å². The molecule has 24 heavy (non-hydrogen) atoms. The van der Waals surface area contributed by atoms with E-state index in [1.54, 1.807) is 22.0 Å². The molecular formula is C18H21N3O3. The quantitative estimate of drug-likeness (QED) is 0.933. The third-order valence-corrected chi connectivity index (χ3v) is 4.58. The fraction of sp³-hybridized carbons (Fsp3) is 0.389. The number of piperidine rings is 1. The summed E-state index contributed by atoms with van der Waals surface area (Å²) in [4.78, 5) is 25.5. The van der Waals surface area contributed by atoms with E-state index < -0.39 is 5.97 Å². The molecule has 1 amide bonds. The minimum atomic E-state index is -0.773. The van der Waals surface area contributed by atoms with Crippen molar-refractivity contribution in [2.24, 2.45) is 11.8 Å². The summed E-state index contributed by atoms with van der Waals surface area (Å²) in [6, 6.07) is 9.93. The van der Waals surface area contributed by atoms with Gasteiger partial charge in [0.05, 0.1) is 24.2 Å². The maximum Gasteiger partial charge on any atom is 0.306 e. The summed E-state index contributed by atoms with van der Waals surface area (Å²) in [6.45, 7) is 3.45. The van der Waals surface area contributed by atoms with Crippen molar-refractivity contribution in [3.63, 3.8) is 0 Å². The van der Waals surface area contributed by atoms with Crippen molar-refractivity contribution in [2.45, 2.75) is 19.9 Å². The van der Waals surface area contributed by atoms with Gasteiger partial charge in [0.2, 0.25) is 0 Å². The number of aliphatic carboxylic acids is 1. The van der Waals surface area contributed by atoms with Gasteiger partial charge in [-0.15, -0.1) is 0 Å². The van der Waals surface area contributed by atoms with Gasteiger partial charge in [-0.2, -0.15) is 5.10 Å². The van der Waals surface area contributed by atoms with E-state index in [9.17, 15) is 14.7 Å². The van der Waals surface area contributed by atoms with Crippen LogP contribution in [0.25, 0.3) is 0 Å². The number of aromatic nitrogens is 2. The number of benzene rings is 1. The van der Waals surface area contributed by atoms with Gasteiger partial charge in [0.15, 0.2) is 0 Å². The van der Waals surface area contributed by atoms with Crippen LogP contribution in [0.15, 0.2) is 42.7 Å². The first-order valence-electron chi connectivity index (χ1n) is 8.13. The summed E-state index contributed by atoms with van der Waals surface area (Å²) in [6.07, 6.45) is 3.84. The molecule has 0 bridgehead atoms. The molecule has 3 rings (SSSR count). The van der Waals surface area contributed by atoms with Crippen LogP contribution in [0.3, 0.4) is 0 Å². The Balaban J connectivity index is 1.65. The molecule has 0 radical (unpaired) electrons. The molecule has 1 aliphatic heterocycles. The molecular weight excluding hydrogens is 306 g/mol. The van der Waals surface area contributed by atoms with Gasteiger partial charge in [-0.05, 0) is 17.9 Å². The largest absolute Gasteiger partial charge is 0.481 e. The highest BCUT2D eigenvalue weighted by Crippen LogP contribution is 2.24. The van der Waals surface area contributed by atoms with E-state index in [2.05, 4.69) is 5.10 Å². The van der Waals surface area contributed by atoms with Gasteiger partial charge in [0.25, 0.3) is 5.91 Å². The molecule has 0 saturated carbocycles. The monoisotopic (exact) mass is 327 g/mol. The van der Waals surface area contributed by atoms with Crippen molar-refractivity contribution in [3.05, 3.63) is 53.9 Å². The fourth-order valence-corrected chi connectivity index (χ4v) is 3.21. The van der Waals surface area contributed by atoms with Crippen LogP contribution in [0.1, 0.15) is 29.3 Å². The van der Waals surface area contributed by atoms with E-state index in [1.807, 2.05) is 37.3 Å². The molecule has 126 valence electrons. The van der Waals surface area contributed by atoms with Gasteiger partial charge >= 0.3 is 5.97 Å². The van der Waals surface area contributed by atoms with Crippen LogP contribution in [0.4, 0.5) is 0 Å². The molecule has 6 heteroatoms. The van der Waals surface area contributed by atoms with Crippen LogP contribution in [0, 0.1) is 11.8 Å². The van der Waals surface area contributed by atoms with Crippen molar-refractivity contribution < 1.29 is 14.7 Å². The van der Waals surface area contributed by atoms with Crippen LogP contribution in [-0.2, 0) is 11.3 Å². The Hall–Kier alpha value is -2.63. The molecule has 1 aliphatic rings. The predicted octanol–water partition coefficient (Wildman–Crippen LogP) is 2.11. The maximum absolute atomic E-state index is 12.6. The summed E-state index contributed by atoms with van der Waals surface area (Å²) < 4.78 is 1.75. The number of carbonyl (C=O) groups is 2. The van der Waals surface area contributed by atoms with Crippen molar-refractivity contribution in [1.82, 2.24) is 14.7 Å². The summed E-state index contributed by atoms with van der Waals surface area (Å²) in [7, 11) is 0. The van der Waals surface area contributed by atoms with Crippen LogP contribution in [0.5, 0.6) is 0 Å². The Morgan fingerprint density at radius 3 is 2.71 bits per heavy atom. The third-order valence-electron chi connectivity index (χ3n) is 4.58. The van der Waals surface area contributed by atoms with E-state index in [-0.39, 0.29) is 17.7 Å². The Bertz CT molecular complexity index is 726. The highest BCUT2D eigenvalue weighted by molar-refractivity contribution is 5.94. The summed E-state index contributed by atoms with van der Waals surface area (Å²) >= 11 is 0. The number of amides is 1. The van der Waals surface area contributed by atoms with Crippen molar-refractivity contribution >= 4 is 11.9 Å². The zero-order chi connectivity index (χ0) is 17.1. The number of carboxylic acid groups (broad SMARTS) is 1. The lowest BCUT2D eigenvalue weighted by Gasteiger charge is -2.34. The molecule has 1 aromatic heterocycles. The lowest BCUT2D eigenvalue weighted by molar-refractivity contribution is -0.145. The minimum Gasteiger partial charge on any atom is -0.481 e. The van der Waals surface area contributed by atoms with E-state index in [4.69, 9.17) is 0 Å². The smallest absolute Gasteiger partial charge is 0.306 e. The molecule has 1 N–H and O–H groups in total. The highest BCUT2D eigenvalue weighted by atomic mass is 16.4. The summed E-state index contributed by atoms with van der Waals surface area (Å²) in [5, 5.41) is 13.4. The standard InChI is InChI=1S/C18H21N3O3/c1-13-10-20(8-7-16(13)18(23)24)17(22)15-9-19-21(12-15)11-14-5-3-2-4-6-14/h2-6,9,12-13,16H,7-8,10-11H2,1H3,(H,23,24). The molecule has 1 saturated heterocycles. The van der Waals surface area contributed by atoms with Gasteiger partial charge in [-0.25, -0.2) is 0 Å². The normalized spacial score (nSPS) is 20.8. The number of carboxylic acids is 1. The van der Waals surface area contributed by atoms with Gasteiger partial charge in [0.1, 0.15) is 0 Å². The first kappa shape index (κ1) is 16.2. The molecule has 1 aromatic carbocycles. The Labute approximate surface area is 140 Å². The molecule has 2 atom stereocenters. The predicted molar refractivity (Wildman–Crippen MR) is 88.6 cm³/mol. The maximum atomic E-state index is 12.6. The van der Waals surface area contributed by atoms with Gasteiger partial charge in [-0.1, -0.05) is 37.3 Å². The Morgan fingerprint density at radius 2 is 2.04 bits per heavy atom. The van der Waals surface area contributed by atoms with Crippen molar-refractivity contribution in [1.29, 1.82) is 0 Å². The number of hydrogen-bond donors (Lipinski definition) is 1. The number of likely N-dealkylation sites (tertiary alicyclic amines) is 1. The lowest BCUT2D eigenvalue weighted by atomic mass is 9.87. The lowest BCUT2D eigenvalue weighted by Crippen LogP contribution is -2.44. The average molecular weight is 327 g/mol. The van der Waals surface area contributed by atoms with Crippen molar-refractivity contribution in [3.8, 4) is 0 Å². The van der Waals surface area contributed by atoms with Crippen LogP contribution >= 0.6 is 0 Å². The zero-order valence-electron chi connectivity index (χ0n) is 13.6. The topological polar surface area (TPSA) is 75.4 Å². The molecule has 0 spiro atoms. The van der Waals surface area contributed by atoms with Crippen LogP contribution < -0.4 is 0 Å². The Morgan fingerprint density at radius 1 is 1.29 bits per heavy atom.